The van der Waals surface area contributed by atoms with Crippen molar-refractivity contribution < 1.29 is 19.4 Å². The maximum absolute atomic E-state index is 10.7. The van der Waals surface area contributed by atoms with Gasteiger partial charge in [0, 0.05) is 0 Å². The first-order chi connectivity index (χ1) is 9.15. The molecule has 2 rings (SSSR count). The largest absolute Gasteiger partial charge is 0.479 e. The third-order valence-corrected chi connectivity index (χ3v) is 2.46. The van der Waals surface area contributed by atoms with Crippen molar-refractivity contribution in [2.24, 2.45) is 0 Å². The van der Waals surface area contributed by atoms with Crippen molar-refractivity contribution >= 4 is 5.97 Å². The molecule has 1 N–H and O–H groups in total. The summed E-state index contributed by atoms with van der Waals surface area (Å²) in [4.78, 5) is 10.7. The number of carboxylic acids is 1. The maximum atomic E-state index is 10.7. The third kappa shape index (κ3) is 3.74. The van der Waals surface area contributed by atoms with Crippen molar-refractivity contribution in [1.82, 2.24) is 0 Å². The van der Waals surface area contributed by atoms with Gasteiger partial charge in [0.1, 0.15) is 17.2 Å². The fourth-order valence-electron chi connectivity index (χ4n) is 1.47. The van der Waals surface area contributed by atoms with E-state index in [9.17, 15) is 4.79 Å². The standard InChI is InChI=1S/C15H14O4/c1-11(15(16)17)18-13-7-9-14(10-8-13)19-12-5-3-2-4-6-12/h2-11H,1H3,(H,16,17). The highest BCUT2D eigenvalue weighted by molar-refractivity contribution is 5.72. The fourth-order valence-corrected chi connectivity index (χ4v) is 1.47. The van der Waals surface area contributed by atoms with Gasteiger partial charge in [-0.15, -0.1) is 0 Å². The van der Waals surface area contributed by atoms with Gasteiger partial charge in [0.25, 0.3) is 0 Å². The molecule has 0 bridgehead atoms. The molecule has 0 aromatic heterocycles. The average Bonchev–Trinajstić information content (AvgIpc) is 2.42. The maximum Gasteiger partial charge on any atom is 0.344 e. The van der Waals surface area contributed by atoms with Gasteiger partial charge in [-0.2, -0.15) is 0 Å². The van der Waals surface area contributed by atoms with Crippen LogP contribution in [0.2, 0.25) is 0 Å². The van der Waals surface area contributed by atoms with Gasteiger partial charge < -0.3 is 14.6 Å². The molecule has 4 nitrogen and oxygen atoms in total. The van der Waals surface area contributed by atoms with Gasteiger partial charge in [0.2, 0.25) is 0 Å². The molecule has 0 saturated carbocycles. The van der Waals surface area contributed by atoms with E-state index in [0.29, 0.717) is 11.5 Å². The van der Waals surface area contributed by atoms with Gasteiger partial charge in [0.15, 0.2) is 6.10 Å². The minimum Gasteiger partial charge on any atom is -0.479 e. The second-order valence-electron chi connectivity index (χ2n) is 3.98. The molecule has 0 saturated heterocycles. The summed E-state index contributed by atoms with van der Waals surface area (Å²) in [6.07, 6.45) is -0.874. The lowest BCUT2D eigenvalue weighted by atomic mass is 10.3. The van der Waals surface area contributed by atoms with Crippen molar-refractivity contribution in [3.63, 3.8) is 0 Å². The zero-order valence-electron chi connectivity index (χ0n) is 10.4. The van der Waals surface area contributed by atoms with Crippen LogP contribution < -0.4 is 9.47 Å². The summed E-state index contributed by atoms with van der Waals surface area (Å²) in [5.74, 6) is 0.913. The van der Waals surface area contributed by atoms with Gasteiger partial charge >= 0.3 is 5.97 Å². The first-order valence-corrected chi connectivity index (χ1v) is 5.87. The Balaban J connectivity index is 2.01. The molecule has 1 atom stereocenters. The van der Waals surface area contributed by atoms with E-state index in [2.05, 4.69) is 0 Å². The highest BCUT2D eigenvalue weighted by Gasteiger charge is 2.12. The van der Waals surface area contributed by atoms with Crippen LogP contribution in [0.25, 0.3) is 0 Å². The molecule has 0 aliphatic carbocycles. The Morgan fingerprint density at radius 1 is 0.947 bits per heavy atom. The molecule has 98 valence electrons. The quantitative estimate of drug-likeness (QED) is 0.893. The Labute approximate surface area is 111 Å². The summed E-state index contributed by atoms with van der Waals surface area (Å²) >= 11 is 0. The zero-order valence-corrected chi connectivity index (χ0v) is 10.4. The van der Waals surface area contributed by atoms with E-state index < -0.39 is 12.1 Å². The predicted molar refractivity (Wildman–Crippen MR) is 70.7 cm³/mol. The van der Waals surface area contributed by atoms with E-state index in [-0.39, 0.29) is 0 Å². The molecular weight excluding hydrogens is 244 g/mol. The summed E-state index contributed by atoms with van der Waals surface area (Å²) in [7, 11) is 0. The number of carbonyl (C=O) groups is 1. The molecule has 2 aromatic rings. The molecule has 0 aliphatic heterocycles. The smallest absolute Gasteiger partial charge is 0.344 e. The van der Waals surface area contributed by atoms with Gasteiger partial charge in [-0.25, -0.2) is 4.79 Å². The monoisotopic (exact) mass is 258 g/mol. The number of aliphatic carboxylic acids is 1. The number of para-hydroxylation sites is 1. The summed E-state index contributed by atoms with van der Waals surface area (Å²) in [5, 5.41) is 8.74. The molecule has 0 radical (unpaired) electrons. The van der Waals surface area contributed by atoms with E-state index in [1.807, 2.05) is 30.3 Å². The van der Waals surface area contributed by atoms with Crippen LogP contribution in [0.1, 0.15) is 6.92 Å². The molecule has 0 heterocycles. The van der Waals surface area contributed by atoms with Crippen molar-refractivity contribution in [3.8, 4) is 17.2 Å². The normalized spacial score (nSPS) is 11.6. The Bertz CT molecular complexity index is 534. The summed E-state index contributed by atoms with van der Waals surface area (Å²) in [6, 6.07) is 16.2. The lowest BCUT2D eigenvalue weighted by molar-refractivity contribution is -0.144. The molecule has 2 aromatic carbocycles. The van der Waals surface area contributed by atoms with E-state index in [1.54, 1.807) is 24.3 Å². The Hall–Kier alpha value is -2.49. The first-order valence-electron chi connectivity index (χ1n) is 5.87. The molecular formula is C15H14O4. The van der Waals surface area contributed by atoms with Crippen LogP contribution in [0.3, 0.4) is 0 Å². The molecule has 4 heteroatoms. The molecule has 0 spiro atoms. The van der Waals surface area contributed by atoms with Crippen LogP contribution in [-0.2, 0) is 4.79 Å². The molecule has 0 fully saturated rings. The van der Waals surface area contributed by atoms with Gasteiger partial charge in [-0.3, -0.25) is 0 Å². The number of carboxylic acid groups (broad SMARTS) is 1. The van der Waals surface area contributed by atoms with Crippen LogP contribution >= 0.6 is 0 Å². The van der Waals surface area contributed by atoms with Crippen LogP contribution in [0.5, 0.6) is 17.2 Å². The Morgan fingerprint density at radius 3 is 2.05 bits per heavy atom. The van der Waals surface area contributed by atoms with Crippen LogP contribution in [0.4, 0.5) is 0 Å². The van der Waals surface area contributed by atoms with Gasteiger partial charge in [-0.1, -0.05) is 18.2 Å². The molecule has 0 amide bonds. The SMILES string of the molecule is CC(Oc1ccc(Oc2ccccc2)cc1)C(=O)O. The predicted octanol–water partition coefficient (Wildman–Crippen LogP) is 3.33. The van der Waals surface area contributed by atoms with Crippen molar-refractivity contribution in [1.29, 1.82) is 0 Å². The second-order valence-corrected chi connectivity index (χ2v) is 3.98. The fraction of sp³-hybridized carbons (Fsp3) is 0.133. The van der Waals surface area contributed by atoms with Gasteiger partial charge in [-0.05, 0) is 43.3 Å². The summed E-state index contributed by atoms with van der Waals surface area (Å²) in [5.41, 5.74) is 0. The van der Waals surface area contributed by atoms with E-state index in [4.69, 9.17) is 14.6 Å². The van der Waals surface area contributed by atoms with Crippen molar-refractivity contribution in [3.05, 3.63) is 54.6 Å². The van der Waals surface area contributed by atoms with E-state index in [0.717, 1.165) is 5.75 Å². The van der Waals surface area contributed by atoms with E-state index >= 15 is 0 Å². The van der Waals surface area contributed by atoms with Crippen molar-refractivity contribution in [2.75, 3.05) is 0 Å². The Morgan fingerprint density at radius 2 is 1.47 bits per heavy atom. The number of rotatable bonds is 5. The average molecular weight is 258 g/mol. The Kier molecular flexibility index (Phi) is 4.03. The summed E-state index contributed by atoms with van der Waals surface area (Å²) < 4.78 is 10.8. The third-order valence-electron chi connectivity index (χ3n) is 2.46. The second kappa shape index (κ2) is 5.91. The lowest BCUT2D eigenvalue weighted by Crippen LogP contribution is -2.22. The number of hydrogen-bond donors (Lipinski definition) is 1. The molecule has 0 aliphatic rings. The lowest BCUT2D eigenvalue weighted by Gasteiger charge is -2.11. The highest BCUT2D eigenvalue weighted by atomic mass is 16.5. The zero-order chi connectivity index (χ0) is 13.7. The first kappa shape index (κ1) is 13.0. The topological polar surface area (TPSA) is 55.8 Å². The number of hydrogen-bond acceptors (Lipinski definition) is 3. The number of benzene rings is 2. The van der Waals surface area contributed by atoms with Crippen LogP contribution in [0, 0.1) is 0 Å². The van der Waals surface area contributed by atoms with Crippen LogP contribution in [-0.4, -0.2) is 17.2 Å². The van der Waals surface area contributed by atoms with Crippen molar-refractivity contribution in [2.45, 2.75) is 13.0 Å². The molecule has 1 unspecified atom stereocenters. The minimum absolute atomic E-state index is 0.496. The van der Waals surface area contributed by atoms with Crippen LogP contribution in [0.15, 0.2) is 54.6 Å². The minimum atomic E-state index is -0.996. The van der Waals surface area contributed by atoms with Gasteiger partial charge in [0.05, 0.1) is 0 Å². The summed E-state index contributed by atoms with van der Waals surface area (Å²) in [6.45, 7) is 1.48. The van der Waals surface area contributed by atoms with E-state index in [1.165, 1.54) is 6.92 Å². The molecule has 19 heavy (non-hydrogen) atoms. The highest BCUT2D eigenvalue weighted by Crippen LogP contribution is 2.23. The number of ether oxygens (including phenoxy) is 2.